The number of piperidine rings is 1. The number of ether oxygens (including phenoxy) is 2. The molecule has 23 heavy (non-hydrogen) atoms. The van der Waals surface area contributed by atoms with E-state index in [1.165, 1.54) is 32.1 Å². The Morgan fingerprint density at radius 3 is 2.83 bits per heavy atom. The first-order valence-corrected chi connectivity index (χ1v) is 8.96. The fourth-order valence-corrected chi connectivity index (χ4v) is 4.33. The number of aryl methyl sites for hydroxylation is 1. The molecule has 0 radical (unpaired) electrons. The zero-order chi connectivity index (χ0) is 15.6. The van der Waals surface area contributed by atoms with E-state index in [9.17, 15) is 4.79 Å². The minimum absolute atomic E-state index is 0.300. The van der Waals surface area contributed by atoms with Crippen LogP contribution < -0.4 is 9.47 Å². The molecule has 4 nitrogen and oxygen atoms in total. The third-order valence-corrected chi connectivity index (χ3v) is 5.71. The molecule has 0 N–H and O–H groups in total. The normalized spacial score (nSPS) is 26.0. The van der Waals surface area contributed by atoms with Gasteiger partial charge in [-0.05, 0) is 48.8 Å². The number of hydrogen-bond donors (Lipinski definition) is 0. The summed E-state index contributed by atoms with van der Waals surface area (Å²) in [7, 11) is 0. The van der Waals surface area contributed by atoms with Gasteiger partial charge in [-0.2, -0.15) is 0 Å². The standard InChI is InChI=1S/C19H25NO3/c21-19(20-10-9-15-3-1-2-4-16(15)12-20)8-6-14-5-7-17-18(11-14)23-13-22-17/h5,7,11,15-16H,1-4,6,8-10,12-13H2. The molecule has 2 aliphatic heterocycles. The van der Waals surface area contributed by atoms with Crippen molar-refractivity contribution in [3.05, 3.63) is 23.8 Å². The summed E-state index contributed by atoms with van der Waals surface area (Å²) in [6.07, 6.45) is 8.01. The molecule has 0 bridgehead atoms. The highest BCUT2D eigenvalue weighted by atomic mass is 16.7. The topological polar surface area (TPSA) is 38.8 Å². The summed E-state index contributed by atoms with van der Waals surface area (Å²) in [5, 5.41) is 0. The molecule has 4 heteroatoms. The van der Waals surface area contributed by atoms with Gasteiger partial charge in [0.05, 0.1) is 0 Å². The van der Waals surface area contributed by atoms with E-state index in [-0.39, 0.29) is 0 Å². The van der Waals surface area contributed by atoms with E-state index in [1.54, 1.807) is 0 Å². The molecule has 1 aromatic rings. The van der Waals surface area contributed by atoms with E-state index in [0.29, 0.717) is 19.1 Å². The van der Waals surface area contributed by atoms with Crippen molar-refractivity contribution >= 4 is 5.91 Å². The van der Waals surface area contributed by atoms with Crippen LogP contribution in [0.15, 0.2) is 18.2 Å². The molecule has 1 aromatic carbocycles. The molecule has 2 fully saturated rings. The van der Waals surface area contributed by atoms with Crippen LogP contribution in [-0.2, 0) is 11.2 Å². The highest BCUT2D eigenvalue weighted by molar-refractivity contribution is 5.76. The Morgan fingerprint density at radius 2 is 1.91 bits per heavy atom. The Labute approximate surface area is 137 Å². The molecular formula is C19H25NO3. The number of carbonyl (C=O) groups excluding carboxylic acids is 1. The third kappa shape index (κ3) is 3.17. The summed E-state index contributed by atoms with van der Waals surface area (Å²) in [6.45, 7) is 2.25. The smallest absolute Gasteiger partial charge is 0.231 e. The van der Waals surface area contributed by atoms with E-state index in [2.05, 4.69) is 4.90 Å². The highest BCUT2D eigenvalue weighted by Gasteiger charge is 2.32. The van der Waals surface area contributed by atoms with Gasteiger partial charge in [0, 0.05) is 19.5 Å². The maximum absolute atomic E-state index is 12.5. The molecule has 0 spiro atoms. The lowest BCUT2D eigenvalue weighted by atomic mass is 9.75. The molecule has 2 atom stereocenters. The lowest BCUT2D eigenvalue weighted by Gasteiger charge is -2.41. The summed E-state index contributed by atoms with van der Waals surface area (Å²) >= 11 is 0. The molecule has 0 aromatic heterocycles. The van der Waals surface area contributed by atoms with Crippen molar-refractivity contribution in [3.8, 4) is 11.5 Å². The largest absolute Gasteiger partial charge is 0.454 e. The summed E-state index contributed by atoms with van der Waals surface area (Å²) in [4.78, 5) is 14.7. The van der Waals surface area contributed by atoms with Crippen molar-refractivity contribution in [2.45, 2.75) is 44.9 Å². The van der Waals surface area contributed by atoms with Crippen molar-refractivity contribution in [2.24, 2.45) is 11.8 Å². The number of fused-ring (bicyclic) bond motifs is 2. The summed E-state index contributed by atoms with van der Waals surface area (Å²) in [6, 6.07) is 5.98. The highest BCUT2D eigenvalue weighted by Crippen LogP contribution is 2.36. The Kier molecular flexibility index (Phi) is 4.15. The van der Waals surface area contributed by atoms with Crippen LogP contribution in [0.3, 0.4) is 0 Å². The predicted octanol–water partition coefficient (Wildman–Crippen LogP) is 3.39. The second-order valence-electron chi connectivity index (χ2n) is 7.12. The number of hydrogen-bond acceptors (Lipinski definition) is 3. The van der Waals surface area contributed by atoms with Crippen LogP contribution in [-0.4, -0.2) is 30.7 Å². The molecule has 1 aliphatic carbocycles. The molecule has 2 heterocycles. The van der Waals surface area contributed by atoms with Crippen molar-refractivity contribution < 1.29 is 14.3 Å². The van der Waals surface area contributed by atoms with Crippen LogP contribution in [0.1, 0.15) is 44.1 Å². The van der Waals surface area contributed by atoms with Crippen LogP contribution in [0, 0.1) is 11.8 Å². The maximum atomic E-state index is 12.5. The van der Waals surface area contributed by atoms with E-state index in [4.69, 9.17) is 9.47 Å². The van der Waals surface area contributed by atoms with E-state index < -0.39 is 0 Å². The van der Waals surface area contributed by atoms with E-state index in [1.807, 2.05) is 18.2 Å². The van der Waals surface area contributed by atoms with Crippen LogP contribution in [0.2, 0.25) is 0 Å². The van der Waals surface area contributed by atoms with Gasteiger partial charge in [0.15, 0.2) is 11.5 Å². The van der Waals surface area contributed by atoms with Gasteiger partial charge in [-0.1, -0.05) is 25.3 Å². The quantitative estimate of drug-likeness (QED) is 0.858. The Balaban J connectivity index is 1.31. The van der Waals surface area contributed by atoms with Crippen LogP contribution in [0.25, 0.3) is 0 Å². The first-order chi connectivity index (χ1) is 11.3. The van der Waals surface area contributed by atoms with Gasteiger partial charge < -0.3 is 14.4 Å². The Hall–Kier alpha value is -1.71. The number of amides is 1. The van der Waals surface area contributed by atoms with Gasteiger partial charge in [0.1, 0.15) is 0 Å². The number of benzene rings is 1. The van der Waals surface area contributed by atoms with Crippen molar-refractivity contribution in [3.63, 3.8) is 0 Å². The number of nitrogens with zero attached hydrogens (tertiary/aromatic N) is 1. The van der Waals surface area contributed by atoms with Gasteiger partial charge in [-0.25, -0.2) is 0 Å². The zero-order valence-electron chi connectivity index (χ0n) is 13.6. The van der Waals surface area contributed by atoms with E-state index in [0.717, 1.165) is 48.4 Å². The number of carbonyl (C=O) groups is 1. The minimum Gasteiger partial charge on any atom is -0.454 e. The molecule has 1 amide bonds. The van der Waals surface area contributed by atoms with Gasteiger partial charge >= 0.3 is 0 Å². The molecule has 1 saturated carbocycles. The first-order valence-electron chi connectivity index (χ1n) is 8.96. The van der Waals surface area contributed by atoms with Gasteiger partial charge in [-0.3, -0.25) is 4.79 Å². The number of rotatable bonds is 3. The van der Waals surface area contributed by atoms with Gasteiger partial charge in [0.2, 0.25) is 12.7 Å². The average Bonchev–Trinajstić information content (AvgIpc) is 3.07. The minimum atomic E-state index is 0.300. The second-order valence-corrected chi connectivity index (χ2v) is 7.12. The fraction of sp³-hybridized carbons (Fsp3) is 0.632. The monoisotopic (exact) mass is 315 g/mol. The SMILES string of the molecule is O=C(CCc1ccc2c(c1)OCO2)N1CCC2CCCCC2C1. The molecule has 1 saturated heterocycles. The predicted molar refractivity (Wildman–Crippen MR) is 87.5 cm³/mol. The Bertz CT molecular complexity index is 586. The van der Waals surface area contributed by atoms with Crippen LogP contribution in [0.5, 0.6) is 11.5 Å². The number of likely N-dealkylation sites (tertiary alicyclic amines) is 1. The van der Waals surface area contributed by atoms with Gasteiger partial charge in [-0.15, -0.1) is 0 Å². The van der Waals surface area contributed by atoms with Crippen molar-refractivity contribution in [2.75, 3.05) is 19.9 Å². The molecule has 2 unspecified atom stereocenters. The van der Waals surface area contributed by atoms with Gasteiger partial charge in [0.25, 0.3) is 0 Å². The lowest BCUT2D eigenvalue weighted by molar-refractivity contribution is -0.134. The molecule has 3 aliphatic rings. The fourth-order valence-electron chi connectivity index (χ4n) is 4.33. The average molecular weight is 315 g/mol. The van der Waals surface area contributed by atoms with Crippen molar-refractivity contribution in [1.82, 2.24) is 4.90 Å². The Morgan fingerprint density at radius 1 is 1.09 bits per heavy atom. The lowest BCUT2D eigenvalue weighted by Crippen LogP contribution is -2.44. The second kappa shape index (κ2) is 6.42. The summed E-state index contributed by atoms with van der Waals surface area (Å²) in [5.41, 5.74) is 1.15. The van der Waals surface area contributed by atoms with Crippen LogP contribution >= 0.6 is 0 Å². The van der Waals surface area contributed by atoms with Crippen molar-refractivity contribution in [1.29, 1.82) is 0 Å². The van der Waals surface area contributed by atoms with Crippen LogP contribution in [0.4, 0.5) is 0 Å². The third-order valence-electron chi connectivity index (χ3n) is 5.71. The zero-order valence-corrected chi connectivity index (χ0v) is 13.6. The molecule has 4 rings (SSSR count). The van der Waals surface area contributed by atoms with E-state index >= 15 is 0 Å². The molecule has 124 valence electrons. The summed E-state index contributed by atoms with van der Waals surface area (Å²) < 4.78 is 10.7. The maximum Gasteiger partial charge on any atom is 0.231 e. The summed E-state index contributed by atoms with van der Waals surface area (Å²) in [5.74, 6) is 3.55. The first kappa shape index (κ1) is 14.9. The molecular weight excluding hydrogens is 290 g/mol.